The molecule has 3 N–H and O–H groups in total. The van der Waals surface area contributed by atoms with Crippen molar-refractivity contribution in [2.24, 2.45) is 5.73 Å². The summed E-state index contributed by atoms with van der Waals surface area (Å²) in [4.78, 5) is 32.7. The first-order valence-corrected chi connectivity index (χ1v) is 12.3. The van der Waals surface area contributed by atoms with Gasteiger partial charge in [0.2, 0.25) is 5.95 Å². The molecule has 10 heteroatoms. The van der Waals surface area contributed by atoms with E-state index in [1.54, 1.807) is 4.90 Å². The van der Waals surface area contributed by atoms with Crippen LogP contribution in [0.15, 0.2) is 24.3 Å². The number of ether oxygens (including phenoxy) is 1. The van der Waals surface area contributed by atoms with Gasteiger partial charge in [0.15, 0.2) is 11.5 Å². The van der Waals surface area contributed by atoms with Gasteiger partial charge in [-0.3, -0.25) is 4.79 Å². The van der Waals surface area contributed by atoms with Gasteiger partial charge in [0.25, 0.3) is 5.91 Å². The van der Waals surface area contributed by atoms with Gasteiger partial charge in [-0.2, -0.15) is 4.98 Å². The van der Waals surface area contributed by atoms with Crippen LogP contribution in [-0.2, 0) is 4.74 Å². The molecule has 0 saturated carbocycles. The molecule has 1 aromatic heterocycles. The fourth-order valence-corrected chi connectivity index (χ4v) is 4.50. The van der Waals surface area contributed by atoms with Crippen LogP contribution < -0.4 is 16.0 Å². The van der Waals surface area contributed by atoms with Crippen LogP contribution in [0.25, 0.3) is 0 Å². The second-order valence-electron chi connectivity index (χ2n) is 10.2. The molecule has 2 saturated heterocycles. The number of benzene rings is 1. The number of hydrogen-bond donors (Lipinski definition) is 2. The van der Waals surface area contributed by atoms with E-state index in [0.29, 0.717) is 30.8 Å². The Morgan fingerprint density at radius 3 is 2.26 bits per heavy atom. The number of rotatable bonds is 5. The SMILES string of the molecule is CC(C)(C)OC(=O)N1CCC(c2ccc(Nc3nc(N4CCCCC4)nnc3C(N)=O)cc2)CC1. The van der Waals surface area contributed by atoms with Crippen LogP contribution in [0.2, 0.25) is 0 Å². The summed E-state index contributed by atoms with van der Waals surface area (Å²) in [5.41, 5.74) is 7.04. The van der Waals surface area contributed by atoms with Crippen molar-refractivity contribution in [1.29, 1.82) is 0 Å². The summed E-state index contributed by atoms with van der Waals surface area (Å²) in [7, 11) is 0. The van der Waals surface area contributed by atoms with Crippen molar-refractivity contribution >= 4 is 29.5 Å². The van der Waals surface area contributed by atoms with E-state index >= 15 is 0 Å². The van der Waals surface area contributed by atoms with Gasteiger partial charge in [-0.1, -0.05) is 12.1 Å². The Balaban J connectivity index is 1.40. The molecule has 2 aliphatic rings. The lowest BCUT2D eigenvalue weighted by molar-refractivity contribution is 0.0204. The number of hydrogen-bond acceptors (Lipinski definition) is 8. The number of carbonyl (C=O) groups excluding carboxylic acids is 2. The third-order valence-electron chi connectivity index (χ3n) is 6.34. The van der Waals surface area contributed by atoms with Crippen LogP contribution in [0, 0.1) is 0 Å². The Morgan fingerprint density at radius 2 is 1.66 bits per heavy atom. The molecule has 0 atom stereocenters. The summed E-state index contributed by atoms with van der Waals surface area (Å²) < 4.78 is 5.49. The van der Waals surface area contributed by atoms with Gasteiger partial charge in [-0.25, -0.2) is 4.79 Å². The molecule has 4 rings (SSSR count). The molecule has 2 aromatic rings. The van der Waals surface area contributed by atoms with Crippen LogP contribution in [0.1, 0.15) is 74.8 Å². The molecule has 0 unspecified atom stereocenters. The van der Waals surface area contributed by atoms with Gasteiger partial charge < -0.3 is 25.6 Å². The molecule has 1 aromatic carbocycles. The number of nitrogens with zero attached hydrogens (tertiary/aromatic N) is 5. The van der Waals surface area contributed by atoms with Crippen molar-refractivity contribution in [3.8, 4) is 0 Å². The van der Waals surface area contributed by atoms with E-state index in [1.165, 1.54) is 12.0 Å². The smallest absolute Gasteiger partial charge is 0.410 e. The molecule has 2 fully saturated rings. The highest BCUT2D eigenvalue weighted by Gasteiger charge is 2.27. The number of anilines is 3. The van der Waals surface area contributed by atoms with E-state index in [1.807, 2.05) is 32.9 Å². The summed E-state index contributed by atoms with van der Waals surface area (Å²) in [6.45, 7) is 8.74. The lowest BCUT2D eigenvalue weighted by atomic mass is 9.89. The Labute approximate surface area is 206 Å². The highest BCUT2D eigenvalue weighted by Crippen LogP contribution is 2.30. The Bertz CT molecular complexity index is 1040. The first kappa shape index (κ1) is 24.7. The summed E-state index contributed by atoms with van der Waals surface area (Å²) in [6, 6.07) is 8.06. The maximum atomic E-state index is 12.3. The third-order valence-corrected chi connectivity index (χ3v) is 6.34. The standard InChI is InChI=1S/C25H35N7O3/c1-25(2,3)35-24(34)32-15-11-18(12-16-32)17-7-9-19(10-8-17)27-22-20(21(26)33)29-30-23(28-22)31-13-5-4-6-14-31/h7-10,18H,4-6,11-16H2,1-3H3,(H2,26,33)(H,27,28,30). The molecule has 0 spiro atoms. The van der Waals surface area contributed by atoms with Crippen molar-refractivity contribution in [1.82, 2.24) is 20.1 Å². The fourth-order valence-electron chi connectivity index (χ4n) is 4.50. The normalized spacial score (nSPS) is 17.2. The van der Waals surface area contributed by atoms with E-state index in [4.69, 9.17) is 10.5 Å². The molecule has 10 nitrogen and oxygen atoms in total. The maximum absolute atomic E-state index is 12.3. The maximum Gasteiger partial charge on any atom is 0.410 e. The quantitative estimate of drug-likeness (QED) is 0.660. The van der Waals surface area contributed by atoms with Gasteiger partial charge in [0, 0.05) is 31.9 Å². The van der Waals surface area contributed by atoms with Crippen molar-refractivity contribution in [3.63, 3.8) is 0 Å². The molecule has 2 amide bonds. The van der Waals surface area contributed by atoms with Gasteiger partial charge in [0.05, 0.1) is 0 Å². The van der Waals surface area contributed by atoms with Gasteiger partial charge in [0.1, 0.15) is 5.60 Å². The van der Waals surface area contributed by atoms with Crippen LogP contribution in [-0.4, -0.2) is 63.9 Å². The van der Waals surface area contributed by atoms with Crippen molar-refractivity contribution in [3.05, 3.63) is 35.5 Å². The first-order valence-electron chi connectivity index (χ1n) is 12.3. The van der Waals surface area contributed by atoms with E-state index in [2.05, 4.69) is 37.5 Å². The number of nitrogens with two attached hydrogens (primary N) is 1. The Hall–Kier alpha value is -3.43. The predicted molar refractivity (Wildman–Crippen MR) is 134 cm³/mol. The molecule has 0 bridgehead atoms. The van der Waals surface area contributed by atoms with Gasteiger partial charge >= 0.3 is 6.09 Å². The number of carbonyl (C=O) groups is 2. The zero-order valence-corrected chi connectivity index (χ0v) is 20.8. The van der Waals surface area contributed by atoms with Gasteiger partial charge in [-0.05, 0) is 76.5 Å². The fraction of sp³-hybridized carbons (Fsp3) is 0.560. The topological polar surface area (TPSA) is 127 Å². The van der Waals surface area contributed by atoms with Crippen LogP contribution in [0.5, 0.6) is 0 Å². The van der Waals surface area contributed by atoms with Crippen LogP contribution in [0.4, 0.5) is 22.2 Å². The lowest BCUT2D eigenvalue weighted by Crippen LogP contribution is -2.41. The average Bonchev–Trinajstić information content (AvgIpc) is 2.84. The number of likely N-dealkylation sites (tertiary alicyclic amines) is 1. The minimum atomic E-state index is -0.675. The lowest BCUT2D eigenvalue weighted by Gasteiger charge is -2.33. The van der Waals surface area contributed by atoms with Crippen molar-refractivity contribution < 1.29 is 14.3 Å². The number of piperidine rings is 2. The third kappa shape index (κ3) is 6.37. The minimum Gasteiger partial charge on any atom is -0.444 e. The highest BCUT2D eigenvalue weighted by molar-refractivity contribution is 5.96. The van der Waals surface area contributed by atoms with Crippen molar-refractivity contribution in [2.75, 3.05) is 36.4 Å². The molecular weight excluding hydrogens is 446 g/mol. The Morgan fingerprint density at radius 1 is 1.00 bits per heavy atom. The summed E-state index contributed by atoms with van der Waals surface area (Å²) in [6.07, 6.45) is 4.88. The summed E-state index contributed by atoms with van der Waals surface area (Å²) >= 11 is 0. The van der Waals surface area contributed by atoms with E-state index < -0.39 is 11.5 Å². The number of nitrogens with one attached hydrogen (secondary N) is 1. The average molecular weight is 482 g/mol. The van der Waals surface area contributed by atoms with Crippen LogP contribution >= 0.6 is 0 Å². The molecule has 2 aliphatic heterocycles. The zero-order valence-electron chi connectivity index (χ0n) is 20.8. The van der Waals surface area contributed by atoms with Crippen LogP contribution in [0.3, 0.4) is 0 Å². The van der Waals surface area contributed by atoms with E-state index in [9.17, 15) is 9.59 Å². The number of aromatic nitrogens is 3. The van der Waals surface area contributed by atoms with E-state index in [0.717, 1.165) is 44.5 Å². The predicted octanol–water partition coefficient (Wildman–Crippen LogP) is 3.82. The molecular formula is C25H35N7O3. The summed E-state index contributed by atoms with van der Waals surface area (Å²) in [5, 5.41) is 11.4. The minimum absolute atomic E-state index is 0.0179. The first-order chi connectivity index (χ1) is 16.7. The number of primary amides is 1. The molecule has 0 aliphatic carbocycles. The number of amides is 2. The second kappa shape index (κ2) is 10.5. The zero-order chi connectivity index (χ0) is 25.0. The molecule has 188 valence electrons. The highest BCUT2D eigenvalue weighted by atomic mass is 16.6. The molecule has 0 radical (unpaired) electrons. The van der Waals surface area contributed by atoms with Gasteiger partial charge in [-0.15, -0.1) is 10.2 Å². The largest absolute Gasteiger partial charge is 0.444 e. The van der Waals surface area contributed by atoms with E-state index in [-0.39, 0.29) is 11.8 Å². The molecule has 3 heterocycles. The monoisotopic (exact) mass is 481 g/mol. The molecule has 35 heavy (non-hydrogen) atoms. The Kier molecular flexibility index (Phi) is 7.37. The van der Waals surface area contributed by atoms with Crippen molar-refractivity contribution in [2.45, 2.75) is 64.4 Å². The summed E-state index contributed by atoms with van der Waals surface area (Å²) in [5.74, 6) is 0.512. The second-order valence-corrected chi connectivity index (χ2v) is 10.2.